The van der Waals surface area contributed by atoms with Crippen molar-refractivity contribution >= 4 is 17.4 Å². The van der Waals surface area contributed by atoms with Crippen LogP contribution in [0, 0.1) is 0 Å². The third kappa shape index (κ3) is 4.05. The van der Waals surface area contributed by atoms with Crippen molar-refractivity contribution in [3.63, 3.8) is 0 Å². The normalized spacial score (nSPS) is 12.5. The van der Waals surface area contributed by atoms with E-state index in [-0.39, 0.29) is 6.10 Å². The predicted octanol–water partition coefficient (Wildman–Crippen LogP) is 1.31. The van der Waals surface area contributed by atoms with Gasteiger partial charge < -0.3 is 10.4 Å². The second kappa shape index (κ2) is 4.99. The van der Waals surface area contributed by atoms with Gasteiger partial charge in [0.15, 0.2) is 0 Å². The van der Waals surface area contributed by atoms with Gasteiger partial charge >= 0.3 is 0 Å². The first-order valence-electron chi connectivity index (χ1n) is 4.08. The Bertz CT molecular complexity index is 267. The summed E-state index contributed by atoms with van der Waals surface area (Å²) in [6.07, 6.45) is 3.43. The van der Waals surface area contributed by atoms with E-state index in [0.29, 0.717) is 23.9 Å². The molecule has 0 aromatic carbocycles. The van der Waals surface area contributed by atoms with Crippen LogP contribution in [0.2, 0.25) is 5.15 Å². The molecule has 0 saturated carbocycles. The molecule has 0 radical (unpaired) electrons. The Morgan fingerprint density at radius 2 is 2.38 bits per heavy atom. The quantitative estimate of drug-likeness (QED) is 0.772. The van der Waals surface area contributed by atoms with E-state index >= 15 is 0 Å². The van der Waals surface area contributed by atoms with E-state index in [4.69, 9.17) is 16.7 Å². The summed E-state index contributed by atoms with van der Waals surface area (Å²) in [7, 11) is 0. The Morgan fingerprint density at radius 1 is 1.62 bits per heavy atom. The maximum Gasteiger partial charge on any atom is 0.149 e. The summed E-state index contributed by atoms with van der Waals surface area (Å²) in [5.41, 5.74) is 0. The van der Waals surface area contributed by atoms with E-state index in [9.17, 15) is 0 Å². The van der Waals surface area contributed by atoms with Crippen LogP contribution in [0.25, 0.3) is 0 Å². The molecule has 4 nitrogen and oxygen atoms in total. The molecule has 1 rings (SSSR count). The molecule has 0 fully saturated rings. The second-order valence-electron chi connectivity index (χ2n) is 2.79. The highest BCUT2D eigenvalue weighted by atomic mass is 35.5. The van der Waals surface area contributed by atoms with Gasteiger partial charge in [0.05, 0.1) is 18.5 Å². The first-order chi connectivity index (χ1) is 6.18. The van der Waals surface area contributed by atoms with Crippen molar-refractivity contribution in [3.05, 3.63) is 17.5 Å². The zero-order chi connectivity index (χ0) is 9.68. The summed E-state index contributed by atoms with van der Waals surface area (Å²) in [6.45, 7) is 2.40. The Hall–Kier alpha value is -0.870. The number of hydrogen-bond acceptors (Lipinski definition) is 4. The molecule has 1 aromatic rings. The second-order valence-corrected chi connectivity index (χ2v) is 3.18. The zero-order valence-electron chi connectivity index (χ0n) is 7.37. The number of aliphatic hydroxyl groups is 1. The smallest absolute Gasteiger partial charge is 0.149 e. The fourth-order valence-corrected chi connectivity index (χ4v) is 0.984. The molecular formula is C8H12ClN3O. The molecule has 0 aliphatic carbocycles. The van der Waals surface area contributed by atoms with Gasteiger partial charge in [-0.05, 0) is 13.3 Å². The average Bonchev–Trinajstić information content (AvgIpc) is 2.03. The maximum absolute atomic E-state index is 8.98. The minimum absolute atomic E-state index is 0.306. The highest BCUT2D eigenvalue weighted by Gasteiger charge is 1.97. The minimum Gasteiger partial charge on any atom is -0.393 e. The van der Waals surface area contributed by atoms with Crippen LogP contribution in [0.1, 0.15) is 13.3 Å². The molecule has 5 heteroatoms. The van der Waals surface area contributed by atoms with Gasteiger partial charge in [0, 0.05) is 6.54 Å². The molecule has 1 atom stereocenters. The topological polar surface area (TPSA) is 58.0 Å². The van der Waals surface area contributed by atoms with Crippen LogP contribution in [-0.2, 0) is 0 Å². The van der Waals surface area contributed by atoms with E-state index in [1.807, 2.05) is 0 Å². The highest BCUT2D eigenvalue weighted by molar-refractivity contribution is 6.29. The molecule has 0 saturated heterocycles. The lowest BCUT2D eigenvalue weighted by Gasteiger charge is -2.06. The molecule has 2 N–H and O–H groups in total. The summed E-state index contributed by atoms with van der Waals surface area (Å²) in [4.78, 5) is 7.84. The van der Waals surface area contributed by atoms with Gasteiger partial charge in [0.1, 0.15) is 11.0 Å². The summed E-state index contributed by atoms with van der Waals surface area (Å²) < 4.78 is 0. The monoisotopic (exact) mass is 201 g/mol. The molecule has 0 aliphatic heterocycles. The van der Waals surface area contributed by atoms with E-state index in [1.54, 1.807) is 13.1 Å². The summed E-state index contributed by atoms with van der Waals surface area (Å²) in [5.74, 6) is 0.633. The number of anilines is 1. The van der Waals surface area contributed by atoms with Crippen LogP contribution in [0.15, 0.2) is 12.4 Å². The number of halogens is 1. The Balaban J connectivity index is 2.37. The van der Waals surface area contributed by atoms with Gasteiger partial charge in [-0.3, -0.25) is 4.98 Å². The maximum atomic E-state index is 8.98. The molecule has 1 heterocycles. The SMILES string of the molecule is C[C@@H](O)CCNc1cncc(Cl)n1. The first kappa shape index (κ1) is 10.2. The Kier molecular flexibility index (Phi) is 3.92. The van der Waals surface area contributed by atoms with E-state index < -0.39 is 0 Å². The molecule has 0 amide bonds. The third-order valence-corrected chi connectivity index (χ3v) is 1.66. The van der Waals surface area contributed by atoms with Crippen LogP contribution in [0.3, 0.4) is 0 Å². The third-order valence-electron chi connectivity index (χ3n) is 1.47. The van der Waals surface area contributed by atoms with Gasteiger partial charge in [-0.15, -0.1) is 0 Å². The predicted molar refractivity (Wildman–Crippen MR) is 51.8 cm³/mol. The lowest BCUT2D eigenvalue weighted by molar-refractivity contribution is 0.188. The van der Waals surface area contributed by atoms with Gasteiger partial charge in [-0.1, -0.05) is 11.6 Å². The first-order valence-corrected chi connectivity index (χ1v) is 4.46. The van der Waals surface area contributed by atoms with Gasteiger partial charge in [-0.25, -0.2) is 4.98 Å². The van der Waals surface area contributed by atoms with Crippen molar-refractivity contribution in [3.8, 4) is 0 Å². The molecule has 72 valence electrons. The molecule has 1 aromatic heterocycles. The van der Waals surface area contributed by atoms with E-state index in [1.165, 1.54) is 6.20 Å². The molecule has 0 spiro atoms. The van der Waals surface area contributed by atoms with Crippen molar-refractivity contribution in [2.24, 2.45) is 0 Å². The van der Waals surface area contributed by atoms with Crippen molar-refractivity contribution in [1.82, 2.24) is 9.97 Å². The van der Waals surface area contributed by atoms with Gasteiger partial charge in [0.25, 0.3) is 0 Å². The highest BCUT2D eigenvalue weighted by Crippen LogP contribution is 2.06. The van der Waals surface area contributed by atoms with Gasteiger partial charge in [0.2, 0.25) is 0 Å². The lowest BCUT2D eigenvalue weighted by atomic mass is 10.3. The zero-order valence-corrected chi connectivity index (χ0v) is 8.12. The van der Waals surface area contributed by atoms with Crippen LogP contribution in [0.5, 0.6) is 0 Å². The fraction of sp³-hybridized carbons (Fsp3) is 0.500. The molecule has 0 bridgehead atoms. The molecular weight excluding hydrogens is 190 g/mol. The number of rotatable bonds is 4. The Labute approximate surface area is 82.0 Å². The van der Waals surface area contributed by atoms with Crippen molar-refractivity contribution < 1.29 is 5.11 Å². The molecule has 0 unspecified atom stereocenters. The molecule has 0 aliphatic rings. The van der Waals surface area contributed by atoms with E-state index in [0.717, 1.165) is 0 Å². The van der Waals surface area contributed by atoms with Crippen LogP contribution in [0.4, 0.5) is 5.82 Å². The van der Waals surface area contributed by atoms with Crippen LogP contribution < -0.4 is 5.32 Å². The van der Waals surface area contributed by atoms with E-state index in [2.05, 4.69) is 15.3 Å². The minimum atomic E-state index is -0.306. The number of hydrogen-bond donors (Lipinski definition) is 2. The number of aromatic nitrogens is 2. The van der Waals surface area contributed by atoms with Crippen molar-refractivity contribution in [1.29, 1.82) is 0 Å². The molecule has 13 heavy (non-hydrogen) atoms. The average molecular weight is 202 g/mol. The lowest BCUT2D eigenvalue weighted by Crippen LogP contribution is -2.10. The van der Waals surface area contributed by atoms with Crippen molar-refractivity contribution in [2.75, 3.05) is 11.9 Å². The van der Waals surface area contributed by atoms with Crippen LogP contribution in [-0.4, -0.2) is 27.7 Å². The fourth-order valence-electron chi connectivity index (χ4n) is 0.836. The largest absolute Gasteiger partial charge is 0.393 e. The number of aliphatic hydroxyl groups excluding tert-OH is 1. The van der Waals surface area contributed by atoms with Gasteiger partial charge in [-0.2, -0.15) is 0 Å². The number of nitrogens with one attached hydrogen (secondary N) is 1. The number of nitrogens with zero attached hydrogens (tertiary/aromatic N) is 2. The summed E-state index contributed by atoms with van der Waals surface area (Å²) >= 11 is 5.62. The standard InChI is InChI=1S/C8H12ClN3O/c1-6(13)2-3-11-8-5-10-4-7(9)12-8/h4-6,13H,2-3H2,1H3,(H,11,12)/t6-/m1/s1. The summed E-state index contributed by atoms with van der Waals surface area (Å²) in [6, 6.07) is 0. The van der Waals surface area contributed by atoms with Crippen LogP contribution >= 0.6 is 11.6 Å². The van der Waals surface area contributed by atoms with Crippen molar-refractivity contribution in [2.45, 2.75) is 19.4 Å². The summed E-state index contributed by atoms with van der Waals surface area (Å²) in [5, 5.41) is 12.3. The Morgan fingerprint density at radius 3 is 3.00 bits per heavy atom.